The summed E-state index contributed by atoms with van der Waals surface area (Å²) in [5.74, 6) is -0.357. The molecule has 0 atom stereocenters. The average Bonchev–Trinajstić information content (AvgIpc) is 3.06. The van der Waals surface area contributed by atoms with Crippen LogP contribution in [0.1, 0.15) is 10.5 Å². The summed E-state index contributed by atoms with van der Waals surface area (Å²) in [4.78, 5) is 24.1. The smallest absolute Gasteiger partial charge is 0.270 e. The van der Waals surface area contributed by atoms with Gasteiger partial charge in [-0.3, -0.25) is 14.9 Å². The number of aromatic amines is 1. The fourth-order valence-corrected chi connectivity index (χ4v) is 2.85. The van der Waals surface area contributed by atoms with Gasteiger partial charge >= 0.3 is 0 Å². The number of hydrogen-bond donors (Lipinski definition) is 3. The van der Waals surface area contributed by atoms with Gasteiger partial charge in [0, 0.05) is 31.4 Å². The lowest BCUT2D eigenvalue weighted by molar-refractivity contribution is -0.385. The lowest BCUT2D eigenvalue weighted by Gasteiger charge is -2.07. The highest BCUT2D eigenvalue weighted by Gasteiger charge is 2.17. The maximum Gasteiger partial charge on any atom is 0.270 e. The van der Waals surface area contributed by atoms with Crippen LogP contribution in [0.15, 0.2) is 47.5 Å². The molecule has 3 N–H and O–H groups in total. The number of hydrogen-bond acceptors (Lipinski definition) is 5. The Hall–Kier alpha value is -2.72. The third-order valence-electron chi connectivity index (χ3n) is 2.88. The topological polar surface area (TPSA) is 134 Å². The van der Waals surface area contributed by atoms with Crippen molar-refractivity contribution in [3.8, 4) is 0 Å². The first-order chi connectivity index (χ1) is 10.9. The second-order valence-corrected chi connectivity index (χ2v) is 6.26. The van der Waals surface area contributed by atoms with Gasteiger partial charge in [-0.2, -0.15) is 0 Å². The van der Waals surface area contributed by atoms with Crippen molar-refractivity contribution >= 4 is 21.6 Å². The number of nitrogens with one attached hydrogen (secondary N) is 3. The zero-order valence-corrected chi connectivity index (χ0v) is 12.7. The Morgan fingerprint density at radius 1 is 1.22 bits per heavy atom. The van der Waals surface area contributed by atoms with E-state index in [2.05, 4.69) is 15.0 Å². The maximum atomic E-state index is 12.0. The quantitative estimate of drug-likeness (QED) is 0.387. The molecule has 0 aliphatic rings. The van der Waals surface area contributed by atoms with Crippen LogP contribution in [0.5, 0.6) is 0 Å². The van der Waals surface area contributed by atoms with Crippen molar-refractivity contribution in [2.24, 2.45) is 0 Å². The van der Waals surface area contributed by atoms with E-state index in [1.54, 1.807) is 18.3 Å². The van der Waals surface area contributed by atoms with Crippen molar-refractivity contribution in [3.63, 3.8) is 0 Å². The number of amides is 1. The molecule has 1 aromatic carbocycles. The van der Waals surface area contributed by atoms with Crippen molar-refractivity contribution < 1.29 is 18.1 Å². The van der Waals surface area contributed by atoms with Crippen LogP contribution >= 0.6 is 0 Å². The molecule has 2 rings (SSSR count). The molecule has 0 saturated heterocycles. The largest absolute Gasteiger partial charge is 0.357 e. The van der Waals surface area contributed by atoms with Crippen molar-refractivity contribution in [2.45, 2.75) is 4.90 Å². The molecule has 10 heteroatoms. The fraction of sp³-hybridized carbons (Fsp3) is 0.154. The van der Waals surface area contributed by atoms with Crippen LogP contribution in [0, 0.1) is 10.1 Å². The van der Waals surface area contributed by atoms with E-state index in [9.17, 15) is 23.3 Å². The molecule has 0 fully saturated rings. The Morgan fingerprint density at radius 3 is 2.65 bits per heavy atom. The van der Waals surface area contributed by atoms with Crippen molar-refractivity contribution in [3.05, 3.63) is 58.4 Å². The van der Waals surface area contributed by atoms with Crippen LogP contribution in [0.4, 0.5) is 5.69 Å². The molecule has 0 saturated carbocycles. The highest BCUT2D eigenvalue weighted by molar-refractivity contribution is 7.89. The number of carbonyl (C=O) groups excluding carboxylic acids is 1. The number of rotatable bonds is 7. The summed E-state index contributed by atoms with van der Waals surface area (Å²) < 4.78 is 26.3. The molecule has 0 unspecified atom stereocenters. The molecular weight excluding hydrogens is 324 g/mol. The van der Waals surface area contributed by atoms with Gasteiger partial charge in [0.15, 0.2) is 0 Å². The van der Waals surface area contributed by atoms with Crippen LogP contribution in [0.25, 0.3) is 0 Å². The minimum Gasteiger partial charge on any atom is -0.357 e. The Bertz CT molecular complexity index is 802. The highest BCUT2D eigenvalue weighted by atomic mass is 32.2. The molecule has 9 nitrogen and oxygen atoms in total. The van der Waals surface area contributed by atoms with Crippen LogP contribution in [0.3, 0.4) is 0 Å². The van der Waals surface area contributed by atoms with E-state index in [1.807, 2.05) is 0 Å². The maximum absolute atomic E-state index is 12.0. The summed E-state index contributed by atoms with van der Waals surface area (Å²) in [5.41, 5.74) is 0.0551. The first kappa shape index (κ1) is 16.6. The second-order valence-electron chi connectivity index (χ2n) is 4.49. The van der Waals surface area contributed by atoms with Gasteiger partial charge in [0.1, 0.15) is 5.69 Å². The van der Waals surface area contributed by atoms with E-state index in [0.717, 1.165) is 6.07 Å². The molecule has 23 heavy (non-hydrogen) atoms. The highest BCUT2D eigenvalue weighted by Crippen LogP contribution is 2.16. The molecule has 2 aromatic rings. The predicted octanol–water partition coefficient (Wildman–Crippen LogP) is 0.631. The third-order valence-corrected chi connectivity index (χ3v) is 4.34. The minimum atomic E-state index is -3.88. The van der Waals surface area contributed by atoms with Gasteiger partial charge < -0.3 is 10.3 Å². The number of H-pyrrole nitrogens is 1. The first-order valence-electron chi connectivity index (χ1n) is 6.56. The average molecular weight is 338 g/mol. The molecule has 122 valence electrons. The molecule has 1 heterocycles. The number of benzene rings is 1. The van der Waals surface area contributed by atoms with E-state index in [-0.39, 0.29) is 29.6 Å². The Morgan fingerprint density at radius 2 is 2.00 bits per heavy atom. The van der Waals surface area contributed by atoms with Gasteiger partial charge in [-0.25, -0.2) is 13.1 Å². The van der Waals surface area contributed by atoms with Crippen molar-refractivity contribution in [2.75, 3.05) is 13.1 Å². The second kappa shape index (κ2) is 7.03. The molecule has 0 bridgehead atoms. The normalized spacial score (nSPS) is 11.1. The Kier molecular flexibility index (Phi) is 5.09. The summed E-state index contributed by atoms with van der Waals surface area (Å²) in [6.07, 6.45) is 1.60. The van der Waals surface area contributed by atoms with Gasteiger partial charge in [-0.05, 0) is 18.2 Å². The Balaban J connectivity index is 1.90. The van der Waals surface area contributed by atoms with E-state index < -0.39 is 14.9 Å². The number of nitro groups is 1. The van der Waals surface area contributed by atoms with Crippen LogP contribution in [0.2, 0.25) is 0 Å². The number of non-ortho nitro benzene ring substituents is 1. The zero-order chi connectivity index (χ0) is 16.9. The predicted molar refractivity (Wildman–Crippen MR) is 81.4 cm³/mol. The lowest BCUT2D eigenvalue weighted by Crippen LogP contribution is -2.34. The monoisotopic (exact) mass is 338 g/mol. The van der Waals surface area contributed by atoms with Gasteiger partial charge in [0.05, 0.1) is 9.82 Å². The molecule has 0 spiro atoms. The minimum absolute atomic E-state index is 0.0442. The van der Waals surface area contributed by atoms with Gasteiger partial charge in [0.25, 0.3) is 11.6 Å². The summed E-state index contributed by atoms with van der Waals surface area (Å²) in [5, 5.41) is 13.2. The zero-order valence-electron chi connectivity index (χ0n) is 11.9. The molecule has 0 aliphatic carbocycles. The molecule has 1 aromatic heterocycles. The van der Waals surface area contributed by atoms with Crippen LogP contribution in [-0.2, 0) is 10.0 Å². The number of aromatic nitrogens is 1. The number of sulfonamides is 1. The standard InChI is InChI=1S/C13H14N4O5S/c18-13(12-5-2-6-14-12)15-7-8-16-23(21,22)11-4-1-3-10(9-11)17(19)20/h1-6,9,14,16H,7-8H2,(H,15,18). The molecule has 1 amide bonds. The van der Waals surface area contributed by atoms with E-state index >= 15 is 0 Å². The van der Waals surface area contributed by atoms with Crippen molar-refractivity contribution in [1.82, 2.24) is 15.0 Å². The Labute approximate surface area is 131 Å². The van der Waals surface area contributed by atoms with E-state index in [0.29, 0.717) is 5.69 Å². The summed E-state index contributed by atoms with van der Waals surface area (Å²) in [6, 6.07) is 7.98. The van der Waals surface area contributed by atoms with Gasteiger partial charge in [0.2, 0.25) is 10.0 Å². The third kappa shape index (κ3) is 4.37. The summed E-state index contributed by atoms with van der Waals surface area (Å²) in [7, 11) is -3.88. The van der Waals surface area contributed by atoms with Gasteiger partial charge in [-0.1, -0.05) is 6.07 Å². The summed E-state index contributed by atoms with van der Waals surface area (Å²) in [6.45, 7) is 0.0312. The van der Waals surface area contributed by atoms with E-state index in [1.165, 1.54) is 18.2 Å². The fourth-order valence-electron chi connectivity index (χ4n) is 1.78. The number of nitrogens with zero attached hydrogens (tertiary/aromatic N) is 1. The number of carbonyl (C=O) groups is 1. The van der Waals surface area contributed by atoms with Crippen LogP contribution < -0.4 is 10.0 Å². The van der Waals surface area contributed by atoms with Crippen LogP contribution in [-0.4, -0.2) is 37.3 Å². The SMILES string of the molecule is O=C(NCCNS(=O)(=O)c1cccc([N+](=O)[O-])c1)c1ccc[nH]1. The lowest BCUT2D eigenvalue weighted by atomic mass is 10.3. The molecule has 0 radical (unpaired) electrons. The summed E-state index contributed by atoms with van der Waals surface area (Å²) >= 11 is 0. The first-order valence-corrected chi connectivity index (χ1v) is 8.04. The van der Waals surface area contributed by atoms with Gasteiger partial charge in [-0.15, -0.1) is 0 Å². The molecule has 0 aliphatic heterocycles. The number of nitro benzene ring substituents is 1. The molecular formula is C13H14N4O5S. The van der Waals surface area contributed by atoms with E-state index in [4.69, 9.17) is 0 Å². The van der Waals surface area contributed by atoms with Crippen molar-refractivity contribution in [1.29, 1.82) is 0 Å².